The van der Waals surface area contributed by atoms with Gasteiger partial charge in [-0.1, -0.05) is 44.5 Å². The van der Waals surface area contributed by atoms with Crippen LogP contribution < -0.4 is 5.32 Å². The van der Waals surface area contributed by atoms with E-state index in [0.717, 1.165) is 13.2 Å². The highest BCUT2D eigenvalue weighted by Crippen LogP contribution is 2.12. The highest BCUT2D eigenvalue weighted by atomic mass is 16.5. The highest BCUT2D eigenvalue weighted by Gasteiger charge is 2.10. The average molecular weight is 249 g/mol. The van der Waals surface area contributed by atoms with Gasteiger partial charge < -0.3 is 10.1 Å². The molecule has 0 saturated carbocycles. The zero-order valence-electron chi connectivity index (χ0n) is 12.2. The maximum atomic E-state index is 5.51. The Bertz CT molecular complexity index is 338. The third kappa shape index (κ3) is 4.79. The van der Waals surface area contributed by atoms with Crippen molar-refractivity contribution in [2.45, 2.75) is 53.3 Å². The molecule has 1 aromatic carbocycles. The molecule has 0 aliphatic rings. The molecule has 2 heteroatoms. The maximum absolute atomic E-state index is 5.51. The lowest BCUT2D eigenvalue weighted by Crippen LogP contribution is -2.31. The van der Waals surface area contributed by atoms with Gasteiger partial charge >= 0.3 is 0 Å². The Morgan fingerprint density at radius 2 is 1.78 bits per heavy atom. The van der Waals surface area contributed by atoms with Crippen LogP contribution in [-0.2, 0) is 17.9 Å². The molecule has 0 saturated heterocycles. The summed E-state index contributed by atoms with van der Waals surface area (Å²) in [5, 5.41) is 3.61. The molecule has 2 nitrogen and oxygen atoms in total. The molecule has 0 fully saturated rings. The van der Waals surface area contributed by atoms with Crippen molar-refractivity contribution in [3.8, 4) is 0 Å². The molecule has 2 unspecified atom stereocenters. The molecule has 0 amide bonds. The summed E-state index contributed by atoms with van der Waals surface area (Å²) >= 11 is 0. The van der Waals surface area contributed by atoms with Gasteiger partial charge in [0.05, 0.1) is 6.61 Å². The fourth-order valence-electron chi connectivity index (χ4n) is 1.91. The molecule has 0 radical (unpaired) electrons. The van der Waals surface area contributed by atoms with Gasteiger partial charge in [-0.15, -0.1) is 0 Å². The topological polar surface area (TPSA) is 21.3 Å². The van der Waals surface area contributed by atoms with Gasteiger partial charge in [0.1, 0.15) is 0 Å². The molecule has 2 atom stereocenters. The van der Waals surface area contributed by atoms with Gasteiger partial charge in [-0.05, 0) is 30.9 Å². The summed E-state index contributed by atoms with van der Waals surface area (Å²) in [6.45, 7) is 11.2. The van der Waals surface area contributed by atoms with Gasteiger partial charge in [-0.2, -0.15) is 0 Å². The lowest BCUT2D eigenvalue weighted by atomic mass is 10.00. The average Bonchev–Trinajstić information content (AvgIpc) is 2.42. The minimum absolute atomic E-state index is 0.551. The smallest absolute Gasteiger partial charge is 0.0719 e. The summed E-state index contributed by atoms with van der Waals surface area (Å²) in [7, 11) is 0. The predicted octanol–water partition coefficient (Wildman–Crippen LogP) is 3.75. The lowest BCUT2D eigenvalue weighted by molar-refractivity contribution is 0.133. The fourth-order valence-corrected chi connectivity index (χ4v) is 1.91. The summed E-state index contributed by atoms with van der Waals surface area (Å²) in [6.07, 6.45) is 1.22. The molecule has 1 N–H and O–H groups in total. The second kappa shape index (κ2) is 8.28. The number of nitrogens with one attached hydrogen (secondary N) is 1. The van der Waals surface area contributed by atoms with E-state index in [-0.39, 0.29) is 0 Å². The van der Waals surface area contributed by atoms with Crippen LogP contribution >= 0.6 is 0 Å². The van der Waals surface area contributed by atoms with Gasteiger partial charge in [0, 0.05) is 19.2 Å². The van der Waals surface area contributed by atoms with Crippen molar-refractivity contribution in [3.05, 3.63) is 35.4 Å². The molecule has 18 heavy (non-hydrogen) atoms. The minimum Gasteiger partial charge on any atom is -0.377 e. The molecule has 1 rings (SSSR count). The second-order valence-electron chi connectivity index (χ2n) is 4.96. The van der Waals surface area contributed by atoms with Gasteiger partial charge in [0.25, 0.3) is 0 Å². The lowest BCUT2D eigenvalue weighted by Gasteiger charge is -2.21. The maximum Gasteiger partial charge on any atom is 0.0719 e. The molecule has 0 aliphatic carbocycles. The zero-order chi connectivity index (χ0) is 13.4. The molecule has 102 valence electrons. The van der Waals surface area contributed by atoms with Crippen molar-refractivity contribution < 1.29 is 4.74 Å². The van der Waals surface area contributed by atoms with Crippen LogP contribution in [-0.4, -0.2) is 12.6 Å². The summed E-state index contributed by atoms with van der Waals surface area (Å²) in [5.41, 5.74) is 2.64. The molecule has 0 spiro atoms. The summed E-state index contributed by atoms with van der Waals surface area (Å²) < 4.78 is 5.51. The van der Waals surface area contributed by atoms with Crippen LogP contribution in [0, 0.1) is 5.92 Å². The molecular weight excluding hydrogens is 222 g/mol. The van der Waals surface area contributed by atoms with Gasteiger partial charge in [0.15, 0.2) is 0 Å². The Balaban J connectivity index is 2.55. The van der Waals surface area contributed by atoms with Crippen LogP contribution in [0.1, 0.15) is 45.2 Å². The Labute approximate surface area is 112 Å². The van der Waals surface area contributed by atoms with E-state index < -0.39 is 0 Å². The highest BCUT2D eigenvalue weighted by molar-refractivity contribution is 5.26. The Morgan fingerprint density at radius 1 is 1.11 bits per heavy atom. The predicted molar refractivity (Wildman–Crippen MR) is 77.5 cm³/mol. The van der Waals surface area contributed by atoms with E-state index in [9.17, 15) is 0 Å². The van der Waals surface area contributed by atoms with Crippen LogP contribution in [0.4, 0.5) is 0 Å². The summed E-state index contributed by atoms with van der Waals surface area (Å²) in [6, 6.07) is 9.07. The first-order valence-electron chi connectivity index (χ1n) is 7.06. The first-order valence-corrected chi connectivity index (χ1v) is 7.06. The molecule has 1 aromatic rings. The SMILES string of the molecule is CCOCc1ccccc1CNC(C)C(C)CC. The van der Waals surface area contributed by atoms with E-state index in [2.05, 4.69) is 50.4 Å². The van der Waals surface area contributed by atoms with E-state index in [0.29, 0.717) is 18.6 Å². The Hall–Kier alpha value is -0.860. The van der Waals surface area contributed by atoms with Crippen molar-refractivity contribution in [2.75, 3.05) is 6.61 Å². The third-order valence-electron chi connectivity index (χ3n) is 3.69. The minimum atomic E-state index is 0.551. The molecule has 0 bridgehead atoms. The van der Waals surface area contributed by atoms with Crippen LogP contribution in [0.3, 0.4) is 0 Å². The van der Waals surface area contributed by atoms with E-state index in [1.807, 2.05) is 6.92 Å². The molecule has 0 aromatic heterocycles. The standard InChI is InChI=1S/C16H27NO/c1-5-13(3)14(4)17-11-15-9-7-8-10-16(15)12-18-6-2/h7-10,13-14,17H,5-6,11-12H2,1-4H3. The zero-order valence-corrected chi connectivity index (χ0v) is 12.2. The van der Waals surface area contributed by atoms with Crippen LogP contribution in [0.2, 0.25) is 0 Å². The van der Waals surface area contributed by atoms with Gasteiger partial charge in [0.2, 0.25) is 0 Å². The van der Waals surface area contributed by atoms with Crippen molar-refractivity contribution >= 4 is 0 Å². The number of hydrogen-bond acceptors (Lipinski definition) is 2. The van der Waals surface area contributed by atoms with Crippen LogP contribution in [0.15, 0.2) is 24.3 Å². The number of ether oxygens (including phenoxy) is 1. The van der Waals surface area contributed by atoms with Crippen molar-refractivity contribution in [1.29, 1.82) is 0 Å². The monoisotopic (exact) mass is 249 g/mol. The summed E-state index contributed by atoms with van der Waals surface area (Å²) in [4.78, 5) is 0. The van der Waals surface area contributed by atoms with Crippen LogP contribution in [0.25, 0.3) is 0 Å². The molecular formula is C16H27NO. The van der Waals surface area contributed by atoms with Crippen molar-refractivity contribution in [3.63, 3.8) is 0 Å². The number of rotatable bonds is 8. The second-order valence-corrected chi connectivity index (χ2v) is 4.96. The normalized spacial score (nSPS) is 14.4. The van der Waals surface area contributed by atoms with E-state index in [4.69, 9.17) is 4.74 Å². The number of benzene rings is 1. The van der Waals surface area contributed by atoms with Crippen molar-refractivity contribution in [2.24, 2.45) is 5.92 Å². The van der Waals surface area contributed by atoms with Gasteiger partial charge in [-0.3, -0.25) is 0 Å². The van der Waals surface area contributed by atoms with Crippen molar-refractivity contribution in [1.82, 2.24) is 5.32 Å². The first kappa shape index (κ1) is 15.2. The first-order chi connectivity index (χ1) is 8.69. The third-order valence-corrected chi connectivity index (χ3v) is 3.69. The fraction of sp³-hybridized carbons (Fsp3) is 0.625. The number of hydrogen-bond donors (Lipinski definition) is 1. The van der Waals surface area contributed by atoms with Gasteiger partial charge in [-0.25, -0.2) is 0 Å². The molecule has 0 heterocycles. The molecule has 0 aliphatic heterocycles. The summed E-state index contributed by atoms with van der Waals surface area (Å²) in [5.74, 6) is 0.712. The van der Waals surface area contributed by atoms with E-state index in [1.54, 1.807) is 0 Å². The Morgan fingerprint density at radius 3 is 2.39 bits per heavy atom. The van der Waals surface area contributed by atoms with E-state index >= 15 is 0 Å². The Kier molecular flexibility index (Phi) is 6.99. The van der Waals surface area contributed by atoms with Crippen LogP contribution in [0.5, 0.6) is 0 Å². The largest absolute Gasteiger partial charge is 0.377 e. The quantitative estimate of drug-likeness (QED) is 0.757. The van der Waals surface area contributed by atoms with E-state index in [1.165, 1.54) is 17.5 Å².